The number of carbonyl (C=O) groups excluding carboxylic acids is 1. The molecule has 2 rings (SSSR count). The first-order valence-corrected chi connectivity index (χ1v) is 7.61. The predicted octanol–water partition coefficient (Wildman–Crippen LogP) is 4.22. The molecule has 1 aromatic carbocycles. The molecule has 0 fully saturated rings. The van der Waals surface area contributed by atoms with Crippen molar-refractivity contribution in [2.75, 3.05) is 6.61 Å². The molecule has 2 aromatic rings. The van der Waals surface area contributed by atoms with Crippen molar-refractivity contribution < 1.29 is 18.7 Å². The lowest BCUT2D eigenvalue weighted by atomic mass is 10.2. The fraction of sp³-hybridized carbons (Fsp3) is 0.273. The maximum Gasteiger partial charge on any atom is 0.513 e. The summed E-state index contributed by atoms with van der Waals surface area (Å²) in [7, 11) is 0. The molecule has 0 amide bonds. The van der Waals surface area contributed by atoms with Crippen molar-refractivity contribution in [3.05, 3.63) is 24.2 Å². The molecule has 0 aliphatic carbocycles. The van der Waals surface area contributed by atoms with Crippen molar-refractivity contribution in [3.63, 3.8) is 0 Å². The third-order valence-corrected chi connectivity index (χ3v) is 5.11. The van der Waals surface area contributed by atoms with Crippen molar-refractivity contribution in [2.24, 2.45) is 0 Å². The Morgan fingerprint density at radius 1 is 1.37 bits per heavy atom. The van der Waals surface area contributed by atoms with Crippen LogP contribution >= 0.6 is 43.2 Å². The van der Waals surface area contributed by atoms with E-state index < -0.39 is 11.1 Å². The van der Waals surface area contributed by atoms with Gasteiger partial charge in [-0.25, -0.2) is 9.59 Å². The average molecular weight is 412 g/mol. The van der Waals surface area contributed by atoms with E-state index in [9.17, 15) is 9.59 Å². The van der Waals surface area contributed by atoms with E-state index in [2.05, 4.69) is 31.9 Å². The first-order valence-electron chi connectivity index (χ1n) is 5.21. The number of fused-ring (bicyclic) bond motifs is 1. The molecule has 5 nitrogen and oxygen atoms in total. The summed E-state index contributed by atoms with van der Waals surface area (Å²) in [5.74, 6) is 0.264. The van der Waals surface area contributed by atoms with Crippen molar-refractivity contribution in [1.82, 2.24) is 0 Å². The Morgan fingerprint density at radius 2 is 2.05 bits per heavy atom. The highest BCUT2D eigenvalue weighted by Crippen LogP contribution is 2.43. The summed E-state index contributed by atoms with van der Waals surface area (Å²) in [6.45, 7) is 3.66. The van der Waals surface area contributed by atoms with Gasteiger partial charge in [0.1, 0.15) is 0 Å². The zero-order chi connectivity index (χ0) is 14.2. The lowest BCUT2D eigenvalue weighted by Gasteiger charge is -2.10. The second-order valence-electron chi connectivity index (χ2n) is 3.48. The third kappa shape index (κ3) is 2.70. The zero-order valence-corrected chi connectivity index (χ0v) is 13.9. The second kappa shape index (κ2) is 5.64. The van der Waals surface area contributed by atoms with Gasteiger partial charge in [0.2, 0.25) is 0 Å². The molecule has 0 bridgehead atoms. The van der Waals surface area contributed by atoms with Crippen LogP contribution < -0.4 is 9.68 Å². The Balaban J connectivity index is 2.61. The summed E-state index contributed by atoms with van der Waals surface area (Å²) in [4.78, 5) is 22.3. The molecule has 102 valence electrons. The maximum atomic E-state index is 11.4. The van der Waals surface area contributed by atoms with E-state index in [1.807, 2.05) is 0 Å². The van der Waals surface area contributed by atoms with Gasteiger partial charge in [-0.2, -0.15) is 0 Å². The largest absolute Gasteiger partial charge is 0.513 e. The number of ether oxygens (including phenoxy) is 2. The minimum atomic E-state index is -0.807. The highest BCUT2D eigenvalue weighted by atomic mass is 79.9. The fourth-order valence-corrected chi connectivity index (χ4v) is 3.65. The molecular weight excluding hydrogens is 404 g/mol. The summed E-state index contributed by atoms with van der Waals surface area (Å²) in [5.41, 5.74) is 1.14. The van der Waals surface area contributed by atoms with E-state index in [-0.39, 0.29) is 12.4 Å². The molecule has 0 aliphatic heterocycles. The molecule has 0 N–H and O–H groups in total. The van der Waals surface area contributed by atoms with Crippen molar-refractivity contribution in [3.8, 4) is 5.75 Å². The van der Waals surface area contributed by atoms with E-state index in [0.717, 1.165) is 11.3 Å². The van der Waals surface area contributed by atoms with Crippen molar-refractivity contribution >= 4 is 59.6 Å². The van der Waals surface area contributed by atoms with Crippen LogP contribution in [0.1, 0.15) is 12.5 Å². The monoisotopic (exact) mass is 410 g/mol. The Morgan fingerprint density at radius 3 is 2.68 bits per heavy atom. The van der Waals surface area contributed by atoms with Gasteiger partial charge in [-0.05, 0) is 45.7 Å². The normalized spacial score (nSPS) is 10.7. The van der Waals surface area contributed by atoms with Gasteiger partial charge >= 0.3 is 11.1 Å². The van der Waals surface area contributed by atoms with Gasteiger partial charge < -0.3 is 13.9 Å². The summed E-state index contributed by atoms with van der Waals surface area (Å²) < 4.78 is 16.5. The van der Waals surface area contributed by atoms with E-state index in [1.165, 1.54) is 0 Å². The molecule has 0 aliphatic rings. The van der Waals surface area contributed by atoms with Crippen molar-refractivity contribution in [2.45, 2.75) is 13.8 Å². The highest BCUT2D eigenvalue weighted by molar-refractivity contribution is 9.11. The van der Waals surface area contributed by atoms with E-state index >= 15 is 0 Å². The molecule has 0 saturated heterocycles. The van der Waals surface area contributed by atoms with Crippen LogP contribution in [0.15, 0.2) is 18.2 Å². The van der Waals surface area contributed by atoms with Crippen LogP contribution in [0.4, 0.5) is 4.79 Å². The van der Waals surface area contributed by atoms with Crippen LogP contribution in [0, 0.1) is 6.92 Å². The molecule has 19 heavy (non-hydrogen) atoms. The molecule has 0 radical (unpaired) electrons. The number of benzene rings is 1. The van der Waals surface area contributed by atoms with Gasteiger partial charge in [-0.1, -0.05) is 11.3 Å². The van der Waals surface area contributed by atoms with Crippen LogP contribution in [0.5, 0.6) is 5.75 Å². The number of halogens is 2. The molecular formula is C11H8Br2O5S. The smallest absolute Gasteiger partial charge is 0.434 e. The molecule has 0 saturated carbocycles. The van der Waals surface area contributed by atoms with Gasteiger partial charge in [0, 0.05) is 5.56 Å². The van der Waals surface area contributed by atoms with Crippen LogP contribution in [0.25, 0.3) is 10.3 Å². The minimum absolute atomic E-state index is 0.217. The van der Waals surface area contributed by atoms with Gasteiger partial charge in [-0.3, -0.25) is 0 Å². The van der Waals surface area contributed by atoms with Gasteiger partial charge in [-0.15, -0.1) is 0 Å². The topological polar surface area (TPSA) is 65.7 Å². The number of hydrogen-bond donors (Lipinski definition) is 0. The van der Waals surface area contributed by atoms with Crippen LogP contribution in [0.2, 0.25) is 0 Å². The first kappa shape index (κ1) is 14.5. The SMILES string of the molecule is CCOC(=O)Oc1c(Br)c(C)c2oc(=O)sc2c1Br. The Bertz CT molecular complexity index is 703. The highest BCUT2D eigenvalue weighted by Gasteiger charge is 2.22. The summed E-state index contributed by atoms with van der Waals surface area (Å²) in [6.07, 6.45) is -0.807. The summed E-state index contributed by atoms with van der Waals surface area (Å²) >= 11 is 7.56. The van der Waals surface area contributed by atoms with Crippen LogP contribution in [-0.2, 0) is 4.74 Å². The lowest BCUT2D eigenvalue weighted by Crippen LogP contribution is -2.11. The Kier molecular flexibility index (Phi) is 4.32. The predicted molar refractivity (Wildman–Crippen MR) is 78.1 cm³/mol. The number of aryl methyl sites for hydroxylation is 1. The van der Waals surface area contributed by atoms with Gasteiger partial charge in [0.15, 0.2) is 11.3 Å². The fourth-order valence-electron chi connectivity index (χ4n) is 1.46. The van der Waals surface area contributed by atoms with Crippen LogP contribution in [0.3, 0.4) is 0 Å². The number of carbonyl (C=O) groups is 1. The van der Waals surface area contributed by atoms with E-state index in [1.54, 1.807) is 13.8 Å². The van der Waals surface area contributed by atoms with Crippen LogP contribution in [-0.4, -0.2) is 12.8 Å². The molecule has 0 unspecified atom stereocenters. The second-order valence-corrected chi connectivity index (χ2v) is 6.01. The average Bonchev–Trinajstić information content (AvgIpc) is 2.75. The Hall–Kier alpha value is -0.860. The summed E-state index contributed by atoms with van der Waals surface area (Å²) in [5, 5.41) is 0. The third-order valence-electron chi connectivity index (χ3n) is 2.29. The standard InChI is InChI=1S/C11H8Br2O5S/c1-3-16-10(14)17-8-5(12)4(2)7-9(6(8)13)19-11(15)18-7/h3H2,1-2H3. The maximum absolute atomic E-state index is 11.4. The zero-order valence-electron chi connectivity index (χ0n) is 9.91. The minimum Gasteiger partial charge on any atom is -0.434 e. The Labute approximate surface area is 128 Å². The lowest BCUT2D eigenvalue weighted by molar-refractivity contribution is 0.104. The summed E-state index contributed by atoms with van der Waals surface area (Å²) in [6, 6.07) is 0. The molecule has 1 heterocycles. The quantitative estimate of drug-likeness (QED) is 0.546. The first-order chi connectivity index (χ1) is 8.95. The molecule has 0 atom stereocenters. The van der Waals surface area contributed by atoms with Crippen molar-refractivity contribution in [1.29, 1.82) is 0 Å². The number of rotatable bonds is 2. The van der Waals surface area contributed by atoms with Gasteiger partial charge in [0.05, 0.1) is 20.3 Å². The number of hydrogen-bond acceptors (Lipinski definition) is 6. The van der Waals surface area contributed by atoms with E-state index in [4.69, 9.17) is 13.9 Å². The van der Waals surface area contributed by atoms with Gasteiger partial charge in [0.25, 0.3) is 0 Å². The molecule has 8 heteroatoms. The van der Waals surface area contributed by atoms with E-state index in [0.29, 0.717) is 24.8 Å². The molecule has 1 aromatic heterocycles. The molecule has 0 spiro atoms.